The van der Waals surface area contributed by atoms with E-state index in [-0.39, 0.29) is 0 Å². The first-order valence-electron chi connectivity index (χ1n) is 5.31. The van der Waals surface area contributed by atoms with Crippen molar-refractivity contribution in [2.45, 2.75) is 6.42 Å². The van der Waals surface area contributed by atoms with E-state index in [0.717, 1.165) is 17.6 Å². The van der Waals surface area contributed by atoms with Crippen molar-refractivity contribution in [3.8, 4) is 0 Å². The number of ether oxygens (including phenoxy) is 1. The summed E-state index contributed by atoms with van der Waals surface area (Å²) in [6.07, 6.45) is 3.18. The van der Waals surface area contributed by atoms with E-state index < -0.39 is 0 Å². The predicted octanol–water partition coefficient (Wildman–Crippen LogP) is 1.98. The fraction of sp³-hybridized carbons (Fsp3) is 0.125. The SMILES string of the molecule is [C-]#[O+].[C-]#[O+].[C-]#[O+].[C-]#[O+].[C-]#[O+].[Cr]=[C]1OCC/C1=C\c1ccccc1. The van der Waals surface area contributed by atoms with Gasteiger partial charge < -0.3 is 0 Å². The quantitative estimate of drug-likeness (QED) is 0.560. The molecule has 0 amide bonds. The Bertz CT molecular complexity index is 502. The van der Waals surface area contributed by atoms with Crippen LogP contribution in [-0.2, 0) is 43.8 Å². The molecule has 0 aromatic heterocycles. The zero-order valence-corrected chi connectivity index (χ0v) is 13.0. The molecular weight excluding hydrogens is 340 g/mol. The van der Waals surface area contributed by atoms with Gasteiger partial charge in [0.2, 0.25) is 0 Å². The van der Waals surface area contributed by atoms with E-state index in [0.29, 0.717) is 0 Å². The Morgan fingerprint density at radius 2 is 1.26 bits per heavy atom. The first-order valence-corrected chi connectivity index (χ1v) is 5.95. The topological polar surface area (TPSA) is 109 Å². The van der Waals surface area contributed by atoms with E-state index in [1.807, 2.05) is 18.2 Å². The molecule has 0 aliphatic carbocycles. The van der Waals surface area contributed by atoms with Gasteiger partial charge in [0, 0.05) is 0 Å². The van der Waals surface area contributed by atoms with Crippen molar-refractivity contribution in [1.82, 2.24) is 0 Å². The van der Waals surface area contributed by atoms with Gasteiger partial charge in [0.15, 0.2) is 0 Å². The third-order valence-electron chi connectivity index (χ3n) is 2.01. The van der Waals surface area contributed by atoms with Crippen LogP contribution in [0.4, 0.5) is 0 Å². The standard InChI is InChI=1S/C11H10O.5CO.Cr/c1-2-4-10(5-3-1)8-11-6-7-12-9-11;5*1-2;/h1-5,8H,6-7H2;;;;;;/b11-8+;;;;;;. The molecule has 1 aliphatic heterocycles. The molecule has 0 bridgehead atoms. The van der Waals surface area contributed by atoms with E-state index in [1.165, 1.54) is 11.1 Å². The summed E-state index contributed by atoms with van der Waals surface area (Å²) in [4.78, 5) is 0. The van der Waals surface area contributed by atoms with Crippen molar-refractivity contribution in [3.63, 3.8) is 0 Å². The summed E-state index contributed by atoms with van der Waals surface area (Å²) in [7, 11) is 0. The van der Waals surface area contributed by atoms with Crippen molar-refractivity contribution in [2.24, 2.45) is 0 Å². The number of rotatable bonds is 1. The Labute approximate surface area is 142 Å². The van der Waals surface area contributed by atoms with Crippen LogP contribution < -0.4 is 0 Å². The third-order valence-corrected chi connectivity index (χ3v) is 2.60. The molecule has 2 rings (SSSR count). The molecular formula is C16H10CrO6. The Morgan fingerprint density at radius 1 is 0.826 bits per heavy atom. The van der Waals surface area contributed by atoms with Crippen LogP contribution in [0.3, 0.4) is 0 Å². The molecule has 0 unspecified atom stereocenters. The van der Waals surface area contributed by atoms with Gasteiger partial charge in [-0.05, 0) is 0 Å². The van der Waals surface area contributed by atoms with Gasteiger partial charge in [-0.15, -0.1) is 0 Å². The molecule has 6 nitrogen and oxygen atoms in total. The van der Waals surface area contributed by atoms with E-state index in [2.05, 4.69) is 67.3 Å². The number of hydrogen-bond acceptors (Lipinski definition) is 1. The van der Waals surface area contributed by atoms with Crippen molar-refractivity contribution in [3.05, 3.63) is 74.7 Å². The molecule has 0 atom stereocenters. The van der Waals surface area contributed by atoms with Crippen LogP contribution in [0.25, 0.3) is 6.08 Å². The van der Waals surface area contributed by atoms with Crippen LogP contribution in [-0.4, -0.2) is 11.2 Å². The third kappa shape index (κ3) is 16.2. The first kappa shape index (κ1) is 29.1. The molecule has 1 aromatic rings. The first-order chi connectivity index (χ1) is 11.4. The average Bonchev–Trinajstić information content (AvgIpc) is 3.09. The summed E-state index contributed by atoms with van der Waals surface area (Å²) in [5.74, 6) is 0. The molecule has 0 N–H and O–H groups in total. The van der Waals surface area contributed by atoms with Crippen LogP contribution in [0, 0.1) is 33.3 Å². The average molecular weight is 350 g/mol. The molecule has 1 fully saturated rings. The van der Waals surface area contributed by atoms with Gasteiger partial charge in [-0.3, -0.25) is 0 Å². The van der Waals surface area contributed by atoms with Gasteiger partial charge in [0.05, 0.1) is 0 Å². The van der Waals surface area contributed by atoms with Crippen LogP contribution in [0.1, 0.15) is 12.0 Å². The minimum absolute atomic E-state index is 0.807. The summed E-state index contributed by atoms with van der Waals surface area (Å²) in [6, 6.07) is 10.3. The van der Waals surface area contributed by atoms with Gasteiger partial charge in [0.25, 0.3) is 0 Å². The van der Waals surface area contributed by atoms with Crippen LogP contribution in [0.2, 0.25) is 0 Å². The second kappa shape index (κ2) is 28.2. The zero-order valence-electron chi connectivity index (χ0n) is 11.7. The van der Waals surface area contributed by atoms with Crippen molar-refractivity contribution < 1.29 is 43.8 Å². The summed E-state index contributed by atoms with van der Waals surface area (Å²) >= 11 is 2.94. The van der Waals surface area contributed by atoms with Gasteiger partial charge >= 0.3 is 142 Å². The zero-order chi connectivity index (χ0) is 19.1. The van der Waals surface area contributed by atoms with E-state index >= 15 is 0 Å². The second-order valence-electron chi connectivity index (χ2n) is 2.97. The fourth-order valence-corrected chi connectivity index (χ4v) is 1.71. The predicted molar refractivity (Wildman–Crippen MR) is 69.6 cm³/mol. The number of hydrogen-bond donors (Lipinski definition) is 0. The van der Waals surface area contributed by atoms with Gasteiger partial charge in [-0.2, -0.15) is 0 Å². The minimum atomic E-state index is 0.807. The monoisotopic (exact) mass is 350 g/mol. The molecule has 7 heteroatoms. The molecule has 1 aromatic carbocycles. The van der Waals surface area contributed by atoms with Crippen LogP contribution in [0.5, 0.6) is 0 Å². The van der Waals surface area contributed by atoms with Crippen molar-refractivity contribution in [1.29, 1.82) is 0 Å². The summed E-state index contributed by atoms with van der Waals surface area (Å²) < 4.78 is 43.8. The molecule has 23 heavy (non-hydrogen) atoms. The Morgan fingerprint density at radius 3 is 1.61 bits per heavy atom. The molecule has 116 valence electrons. The molecule has 0 saturated carbocycles. The van der Waals surface area contributed by atoms with Gasteiger partial charge in [0.1, 0.15) is 0 Å². The second-order valence-corrected chi connectivity index (χ2v) is 3.55. The van der Waals surface area contributed by atoms with Gasteiger partial charge in [-0.1, -0.05) is 0 Å². The maximum absolute atomic E-state index is 7.50. The maximum atomic E-state index is 7.50. The van der Waals surface area contributed by atoms with Crippen molar-refractivity contribution in [2.75, 3.05) is 6.61 Å². The van der Waals surface area contributed by atoms with E-state index in [9.17, 15) is 0 Å². The van der Waals surface area contributed by atoms with Crippen LogP contribution in [0.15, 0.2) is 35.9 Å². The van der Waals surface area contributed by atoms with Crippen LogP contribution >= 0.6 is 0 Å². The summed E-state index contributed by atoms with van der Waals surface area (Å²) in [6.45, 7) is 23.3. The van der Waals surface area contributed by atoms with E-state index in [4.69, 9.17) is 28.0 Å². The summed E-state index contributed by atoms with van der Waals surface area (Å²) in [5.41, 5.74) is 2.50. The number of benzene rings is 1. The molecule has 1 heterocycles. The fourth-order valence-electron chi connectivity index (χ4n) is 1.33. The Balaban J connectivity index is -0.000000156. The summed E-state index contributed by atoms with van der Waals surface area (Å²) in [5, 5.41) is 0. The normalized spacial score (nSPS) is 11.6. The molecule has 1 saturated heterocycles. The molecule has 0 radical (unpaired) electrons. The van der Waals surface area contributed by atoms with E-state index in [1.54, 1.807) is 0 Å². The molecule has 0 spiro atoms. The Kier molecular flexibility index (Phi) is 35.7. The van der Waals surface area contributed by atoms with Gasteiger partial charge in [-0.25, -0.2) is 0 Å². The Hall–Kier alpha value is -1.98. The molecule has 1 aliphatic rings. The van der Waals surface area contributed by atoms with Crippen molar-refractivity contribution >= 4 is 10.6 Å².